The highest BCUT2D eigenvalue weighted by atomic mass is 32.1. The van der Waals surface area contributed by atoms with Crippen molar-refractivity contribution in [1.29, 1.82) is 0 Å². The number of aromatic nitrogens is 1. The third-order valence-corrected chi connectivity index (χ3v) is 4.69. The van der Waals surface area contributed by atoms with Crippen molar-refractivity contribution < 1.29 is 0 Å². The van der Waals surface area contributed by atoms with Crippen LogP contribution in [0.4, 0.5) is 0 Å². The fourth-order valence-electron chi connectivity index (χ4n) is 2.38. The smallest absolute Gasteiger partial charge is 0.0900 e. The zero-order chi connectivity index (χ0) is 13.8. The normalized spacial score (nSPS) is 12.6. The highest BCUT2D eigenvalue weighted by Crippen LogP contribution is 2.24. The first-order chi connectivity index (χ1) is 9.11. The van der Waals surface area contributed by atoms with Gasteiger partial charge in [0.15, 0.2) is 0 Å². The highest BCUT2D eigenvalue weighted by molar-refractivity contribution is 7.11. The minimum Gasteiger partial charge on any atom is -0.305 e. The number of hydrogen-bond acceptors (Lipinski definition) is 3. The first-order valence-corrected chi connectivity index (χ1v) is 7.67. The number of nitrogens with zero attached hydrogens (tertiary/aromatic N) is 1. The molecule has 2 aromatic rings. The standard InChI is InChI=1S/C16H22N2S/c1-5-14-8-6-7-9-15(14)10-17-11(2)16-12(3)18-13(4)19-16/h6-9,11,17H,5,10H2,1-4H3. The van der Waals surface area contributed by atoms with Crippen molar-refractivity contribution in [3.05, 3.63) is 51.0 Å². The molecule has 1 heterocycles. The Bertz CT molecular complexity index is 545. The number of rotatable bonds is 5. The van der Waals surface area contributed by atoms with Gasteiger partial charge in [-0.3, -0.25) is 0 Å². The molecule has 0 aliphatic rings. The minimum atomic E-state index is 0.358. The molecule has 19 heavy (non-hydrogen) atoms. The van der Waals surface area contributed by atoms with Gasteiger partial charge in [0, 0.05) is 17.5 Å². The average molecular weight is 274 g/mol. The summed E-state index contributed by atoms with van der Waals surface area (Å²) in [6, 6.07) is 9.01. The fraction of sp³-hybridized carbons (Fsp3) is 0.438. The molecule has 1 aromatic carbocycles. The van der Waals surface area contributed by atoms with Gasteiger partial charge in [-0.25, -0.2) is 4.98 Å². The quantitative estimate of drug-likeness (QED) is 0.885. The van der Waals surface area contributed by atoms with E-state index in [1.807, 2.05) is 0 Å². The molecule has 3 heteroatoms. The maximum Gasteiger partial charge on any atom is 0.0900 e. The Hall–Kier alpha value is -1.19. The van der Waals surface area contributed by atoms with Crippen molar-refractivity contribution >= 4 is 11.3 Å². The summed E-state index contributed by atoms with van der Waals surface area (Å²) in [5.41, 5.74) is 3.99. The second-order valence-electron chi connectivity index (χ2n) is 4.91. The molecule has 2 nitrogen and oxygen atoms in total. The zero-order valence-electron chi connectivity index (χ0n) is 12.2. The summed E-state index contributed by atoms with van der Waals surface area (Å²) < 4.78 is 0. The minimum absolute atomic E-state index is 0.358. The number of thiazole rings is 1. The van der Waals surface area contributed by atoms with E-state index in [4.69, 9.17) is 0 Å². The van der Waals surface area contributed by atoms with E-state index in [1.165, 1.54) is 16.0 Å². The first-order valence-electron chi connectivity index (χ1n) is 6.86. The Morgan fingerprint density at radius 1 is 1.21 bits per heavy atom. The van der Waals surface area contributed by atoms with Crippen molar-refractivity contribution in [3.8, 4) is 0 Å². The summed E-state index contributed by atoms with van der Waals surface area (Å²) in [4.78, 5) is 5.85. The molecule has 0 aliphatic carbocycles. The van der Waals surface area contributed by atoms with Crippen LogP contribution in [0.3, 0.4) is 0 Å². The molecular formula is C16H22N2S. The molecule has 0 saturated carbocycles. The predicted molar refractivity (Wildman–Crippen MR) is 82.7 cm³/mol. The van der Waals surface area contributed by atoms with Crippen LogP contribution >= 0.6 is 11.3 Å². The Morgan fingerprint density at radius 3 is 2.47 bits per heavy atom. The van der Waals surface area contributed by atoms with E-state index in [2.05, 4.69) is 62.3 Å². The van der Waals surface area contributed by atoms with Crippen LogP contribution in [0, 0.1) is 13.8 Å². The van der Waals surface area contributed by atoms with Crippen molar-refractivity contribution in [2.45, 2.75) is 46.7 Å². The molecule has 102 valence electrons. The van der Waals surface area contributed by atoms with Crippen LogP contribution in [0.2, 0.25) is 0 Å². The lowest BCUT2D eigenvalue weighted by atomic mass is 10.1. The molecule has 0 saturated heterocycles. The van der Waals surface area contributed by atoms with Gasteiger partial charge in [0.1, 0.15) is 0 Å². The van der Waals surface area contributed by atoms with Gasteiger partial charge in [0.2, 0.25) is 0 Å². The molecule has 0 aliphatic heterocycles. The van der Waals surface area contributed by atoms with Crippen LogP contribution in [-0.2, 0) is 13.0 Å². The van der Waals surface area contributed by atoms with Crippen molar-refractivity contribution in [3.63, 3.8) is 0 Å². The maximum absolute atomic E-state index is 4.50. The molecule has 1 aromatic heterocycles. The van der Waals surface area contributed by atoms with Gasteiger partial charge in [-0.05, 0) is 38.3 Å². The van der Waals surface area contributed by atoms with Crippen LogP contribution in [0.5, 0.6) is 0 Å². The Labute approximate surface area is 119 Å². The summed E-state index contributed by atoms with van der Waals surface area (Å²) in [6.45, 7) is 9.51. The number of benzene rings is 1. The van der Waals surface area contributed by atoms with E-state index in [0.717, 1.165) is 23.7 Å². The highest BCUT2D eigenvalue weighted by Gasteiger charge is 2.12. The lowest BCUT2D eigenvalue weighted by Crippen LogP contribution is -2.18. The van der Waals surface area contributed by atoms with Gasteiger partial charge in [0.05, 0.1) is 10.7 Å². The van der Waals surface area contributed by atoms with Crippen molar-refractivity contribution in [2.75, 3.05) is 0 Å². The molecule has 0 fully saturated rings. The first kappa shape index (κ1) is 14.2. The summed E-state index contributed by atoms with van der Waals surface area (Å²) in [6.07, 6.45) is 1.09. The molecule has 1 atom stereocenters. The van der Waals surface area contributed by atoms with Crippen LogP contribution in [0.25, 0.3) is 0 Å². The van der Waals surface area contributed by atoms with Gasteiger partial charge >= 0.3 is 0 Å². The maximum atomic E-state index is 4.50. The lowest BCUT2D eigenvalue weighted by Gasteiger charge is -2.14. The predicted octanol–water partition coefficient (Wildman–Crippen LogP) is 4.17. The Morgan fingerprint density at radius 2 is 1.89 bits per heavy atom. The van der Waals surface area contributed by atoms with E-state index in [9.17, 15) is 0 Å². The van der Waals surface area contributed by atoms with E-state index in [0.29, 0.717) is 6.04 Å². The fourth-order valence-corrected chi connectivity index (χ4v) is 3.33. The molecule has 1 unspecified atom stereocenters. The zero-order valence-corrected chi connectivity index (χ0v) is 13.0. The topological polar surface area (TPSA) is 24.9 Å². The van der Waals surface area contributed by atoms with Crippen LogP contribution < -0.4 is 5.32 Å². The number of hydrogen-bond donors (Lipinski definition) is 1. The van der Waals surface area contributed by atoms with Gasteiger partial charge in [-0.2, -0.15) is 0 Å². The van der Waals surface area contributed by atoms with E-state index >= 15 is 0 Å². The summed E-state index contributed by atoms with van der Waals surface area (Å²) in [5, 5.41) is 4.76. The van der Waals surface area contributed by atoms with Crippen LogP contribution in [-0.4, -0.2) is 4.98 Å². The SMILES string of the molecule is CCc1ccccc1CNC(C)c1sc(C)nc1C. The molecule has 0 spiro atoms. The van der Waals surface area contributed by atoms with Crippen LogP contribution in [0.15, 0.2) is 24.3 Å². The molecule has 0 amide bonds. The second-order valence-corrected chi connectivity index (χ2v) is 6.14. The van der Waals surface area contributed by atoms with E-state index < -0.39 is 0 Å². The molecular weight excluding hydrogens is 252 g/mol. The summed E-state index contributed by atoms with van der Waals surface area (Å²) in [7, 11) is 0. The van der Waals surface area contributed by atoms with E-state index in [1.54, 1.807) is 11.3 Å². The van der Waals surface area contributed by atoms with Gasteiger partial charge in [-0.1, -0.05) is 31.2 Å². The van der Waals surface area contributed by atoms with Gasteiger partial charge < -0.3 is 5.32 Å². The Kier molecular flexibility index (Phi) is 4.72. The molecule has 1 N–H and O–H groups in total. The molecule has 0 radical (unpaired) electrons. The van der Waals surface area contributed by atoms with Crippen molar-refractivity contribution in [1.82, 2.24) is 10.3 Å². The number of nitrogens with one attached hydrogen (secondary N) is 1. The largest absolute Gasteiger partial charge is 0.305 e. The monoisotopic (exact) mass is 274 g/mol. The van der Waals surface area contributed by atoms with E-state index in [-0.39, 0.29) is 0 Å². The molecule has 0 bridgehead atoms. The second kappa shape index (κ2) is 6.31. The average Bonchev–Trinajstić information content (AvgIpc) is 2.75. The van der Waals surface area contributed by atoms with Crippen molar-refractivity contribution in [2.24, 2.45) is 0 Å². The lowest BCUT2D eigenvalue weighted by molar-refractivity contribution is 0.577. The van der Waals surface area contributed by atoms with Gasteiger partial charge in [0.25, 0.3) is 0 Å². The summed E-state index contributed by atoms with van der Waals surface area (Å²) in [5.74, 6) is 0. The van der Waals surface area contributed by atoms with Gasteiger partial charge in [-0.15, -0.1) is 11.3 Å². The third-order valence-electron chi connectivity index (χ3n) is 3.43. The Balaban J connectivity index is 2.04. The van der Waals surface area contributed by atoms with Crippen LogP contribution in [0.1, 0.15) is 46.6 Å². The molecule has 2 rings (SSSR count). The third kappa shape index (κ3) is 3.43. The number of aryl methyl sites for hydroxylation is 3. The summed E-state index contributed by atoms with van der Waals surface area (Å²) >= 11 is 1.79.